The van der Waals surface area contributed by atoms with Crippen LogP contribution in [0.4, 0.5) is 4.39 Å². The van der Waals surface area contributed by atoms with E-state index in [1.807, 2.05) is 20.8 Å². The highest BCUT2D eigenvalue weighted by atomic mass is 32.2. The summed E-state index contributed by atoms with van der Waals surface area (Å²) in [6.07, 6.45) is 16.2. The van der Waals surface area contributed by atoms with E-state index in [1.54, 1.807) is 0 Å². The van der Waals surface area contributed by atoms with Crippen LogP contribution in [-0.4, -0.2) is 120 Å². The van der Waals surface area contributed by atoms with Crippen LogP contribution in [0.5, 0.6) is 5.75 Å². The number of hydrogen-bond donors (Lipinski definition) is 3. The molecule has 3 N–H and O–H groups in total. The fourth-order valence-corrected chi connectivity index (χ4v) is 7.31. The minimum Gasteiger partial charge on any atom is -0.491 e. The van der Waals surface area contributed by atoms with Gasteiger partial charge in [-0.25, -0.2) is 17.6 Å². The van der Waals surface area contributed by atoms with Gasteiger partial charge in [0.15, 0.2) is 21.4 Å². The van der Waals surface area contributed by atoms with Crippen molar-refractivity contribution < 1.29 is 65.5 Å². The molecule has 0 bridgehead atoms. The third-order valence-corrected chi connectivity index (χ3v) is 10.8. The van der Waals surface area contributed by atoms with Crippen LogP contribution < -0.4 is 15.4 Å². The van der Waals surface area contributed by atoms with Crippen molar-refractivity contribution >= 4 is 33.6 Å². The monoisotopic (exact) mass is 911 g/mol. The molecule has 16 nitrogen and oxygen atoms in total. The molecule has 0 aliphatic carbocycles. The van der Waals surface area contributed by atoms with Gasteiger partial charge in [0.25, 0.3) is 5.91 Å². The lowest BCUT2D eigenvalue weighted by molar-refractivity contribution is -0.155. The molecule has 63 heavy (non-hydrogen) atoms. The topological polar surface area (TPSA) is 215 Å². The first-order valence-corrected chi connectivity index (χ1v) is 23.7. The second-order valence-electron chi connectivity index (χ2n) is 16.0. The molecule has 0 atom stereocenters. The van der Waals surface area contributed by atoms with Crippen molar-refractivity contribution in [3.8, 4) is 5.75 Å². The van der Waals surface area contributed by atoms with Crippen LogP contribution in [-0.2, 0) is 53.7 Å². The first-order valence-electron chi connectivity index (χ1n) is 22.1. The minimum absolute atomic E-state index is 0.00437. The van der Waals surface area contributed by atoms with Crippen LogP contribution in [0, 0.1) is 5.82 Å². The molecule has 0 spiro atoms. The van der Waals surface area contributed by atoms with Crippen molar-refractivity contribution in [2.45, 2.75) is 127 Å². The van der Waals surface area contributed by atoms with Gasteiger partial charge in [-0.1, -0.05) is 70.6 Å². The lowest BCUT2D eigenvalue weighted by Gasteiger charge is -2.19. The first kappa shape index (κ1) is 54.9. The van der Waals surface area contributed by atoms with Crippen LogP contribution in [0.1, 0.15) is 127 Å². The number of hydrogen-bond acceptors (Lipinski definition) is 13. The van der Waals surface area contributed by atoms with E-state index in [9.17, 15) is 32.0 Å². The van der Waals surface area contributed by atoms with E-state index in [-0.39, 0.29) is 93.1 Å². The van der Waals surface area contributed by atoms with E-state index in [0.29, 0.717) is 13.0 Å². The van der Waals surface area contributed by atoms with Gasteiger partial charge in [0.05, 0.1) is 68.2 Å². The largest absolute Gasteiger partial charge is 0.491 e. The molecule has 0 aliphatic heterocycles. The average Bonchev–Trinajstić information content (AvgIpc) is 3.22. The predicted molar refractivity (Wildman–Crippen MR) is 234 cm³/mol. The van der Waals surface area contributed by atoms with Crippen molar-refractivity contribution in [1.29, 1.82) is 0 Å². The number of nitrogens with one attached hydrogen (secondary N) is 2. The Labute approximate surface area is 372 Å². The number of nitrogens with zero attached hydrogens (tertiary/aromatic N) is 1. The number of aromatic nitrogens is 1. The van der Waals surface area contributed by atoms with Gasteiger partial charge >= 0.3 is 11.9 Å². The summed E-state index contributed by atoms with van der Waals surface area (Å²) in [5.74, 6) is -3.16. The van der Waals surface area contributed by atoms with E-state index in [4.69, 9.17) is 33.5 Å². The van der Waals surface area contributed by atoms with Gasteiger partial charge in [-0.15, -0.1) is 0 Å². The number of carboxylic acid groups (broad SMARTS) is 1. The van der Waals surface area contributed by atoms with Crippen LogP contribution in [0.15, 0.2) is 41.4 Å². The molecule has 1 aromatic heterocycles. The number of unbranched alkanes of at least 4 members (excludes halogenated alkanes) is 12. The SMILES string of the molecule is CC(C)(C)OC(=O)CCCCCCCCCCCCCCCOc1ccc(S(=O)(=O)Cc2ccc(C(=O)NCCOCCOCC(=O)NCCOCCOCC(=O)O)cn2)cc1F. The molecule has 0 saturated carbocycles. The Morgan fingerprint density at radius 2 is 1.24 bits per heavy atom. The van der Waals surface area contributed by atoms with Gasteiger partial charge in [-0.3, -0.25) is 19.4 Å². The van der Waals surface area contributed by atoms with Crippen molar-refractivity contribution in [2.75, 3.05) is 72.6 Å². The van der Waals surface area contributed by atoms with Crippen LogP contribution in [0.3, 0.4) is 0 Å². The number of amides is 2. The number of aliphatic carboxylic acids is 1. The summed E-state index contributed by atoms with van der Waals surface area (Å²) < 4.78 is 72.5. The highest BCUT2D eigenvalue weighted by Gasteiger charge is 2.20. The van der Waals surface area contributed by atoms with E-state index in [0.717, 1.165) is 51.0 Å². The van der Waals surface area contributed by atoms with Gasteiger partial charge in [-0.2, -0.15) is 0 Å². The molecule has 356 valence electrons. The number of halogens is 1. The molecule has 0 unspecified atom stereocenters. The summed E-state index contributed by atoms with van der Waals surface area (Å²) in [6.45, 7) is 7.01. The number of sulfone groups is 1. The number of rotatable bonds is 37. The molecule has 2 aromatic rings. The average molecular weight is 912 g/mol. The fourth-order valence-electron chi connectivity index (χ4n) is 6.02. The van der Waals surface area contributed by atoms with Gasteiger partial charge < -0.3 is 44.2 Å². The first-order chi connectivity index (χ1) is 30.2. The second-order valence-corrected chi connectivity index (χ2v) is 18.0. The Balaban J connectivity index is 1.50. The second kappa shape index (κ2) is 32.4. The number of ether oxygens (including phenoxy) is 6. The molecular formula is C45H70FN3O13S. The van der Waals surface area contributed by atoms with Crippen molar-refractivity contribution in [2.24, 2.45) is 0 Å². The summed E-state index contributed by atoms with van der Waals surface area (Å²) >= 11 is 0. The Hall–Kier alpha value is -4.23. The van der Waals surface area contributed by atoms with Crippen LogP contribution in [0.2, 0.25) is 0 Å². The van der Waals surface area contributed by atoms with Gasteiger partial charge in [0, 0.05) is 25.7 Å². The zero-order chi connectivity index (χ0) is 46.2. The Kier molecular flexibility index (Phi) is 28.3. The molecule has 18 heteroatoms. The Morgan fingerprint density at radius 1 is 0.683 bits per heavy atom. The summed E-state index contributed by atoms with van der Waals surface area (Å²) in [5.41, 5.74) is -0.00150. The predicted octanol–water partition coefficient (Wildman–Crippen LogP) is 6.37. The Morgan fingerprint density at radius 3 is 1.79 bits per heavy atom. The molecule has 1 aromatic carbocycles. The van der Waals surface area contributed by atoms with Crippen LogP contribution in [0.25, 0.3) is 0 Å². The summed E-state index contributed by atoms with van der Waals surface area (Å²) in [7, 11) is -3.93. The smallest absolute Gasteiger partial charge is 0.329 e. The fraction of sp³-hybridized carbons (Fsp3) is 0.667. The summed E-state index contributed by atoms with van der Waals surface area (Å²) in [5, 5.41) is 13.8. The number of carboxylic acids is 1. The van der Waals surface area contributed by atoms with E-state index in [1.165, 1.54) is 69.0 Å². The molecule has 1 heterocycles. The highest BCUT2D eigenvalue weighted by Crippen LogP contribution is 2.24. The number of esters is 1. The maximum Gasteiger partial charge on any atom is 0.329 e. The number of carbonyl (C=O) groups is 4. The summed E-state index contributed by atoms with van der Waals surface area (Å²) in [6, 6.07) is 6.49. The third kappa shape index (κ3) is 28.2. The maximum absolute atomic E-state index is 14.8. The van der Waals surface area contributed by atoms with Crippen LogP contribution >= 0.6 is 0 Å². The maximum atomic E-state index is 14.8. The van der Waals surface area contributed by atoms with Crippen molar-refractivity contribution in [3.05, 3.63) is 53.6 Å². The zero-order valence-corrected chi connectivity index (χ0v) is 38.2. The number of benzene rings is 1. The number of pyridine rings is 1. The van der Waals surface area contributed by atoms with Crippen molar-refractivity contribution in [3.63, 3.8) is 0 Å². The highest BCUT2D eigenvalue weighted by molar-refractivity contribution is 7.90. The lowest BCUT2D eigenvalue weighted by Crippen LogP contribution is -2.31. The minimum atomic E-state index is -3.93. The zero-order valence-electron chi connectivity index (χ0n) is 37.4. The lowest BCUT2D eigenvalue weighted by atomic mass is 10.0. The summed E-state index contributed by atoms with van der Waals surface area (Å²) in [4.78, 5) is 50.3. The van der Waals surface area contributed by atoms with E-state index in [2.05, 4.69) is 15.6 Å². The number of carbonyl (C=O) groups excluding carboxylic acids is 3. The molecule has 0 radical (unpaired) electrons. The standard InChI is InChI=1S/C45H70FN3O13S/c1-45(2,3)62-43(53)17-15-13-11-9-7-5-4-6-8-10-12-14-16-24-61-40-21-20-38(31-39(40)46)63(55,56)35-37-19-18-36(32-49-37)44(54)48-23-26-58-27-29-59-33-41(50)47-22-25-57-28-30-60-34-42(51)52/h18-21,31-32H,4-17,22-30,33-35H2,1-3H3,(H,47,50)(H,48,54)(H,51,52). The van der Waals surface area contributed by atoms with E-state index < -0.39 is 45.5 Å². The van der Waals surface area contributed by atoms with Crippen molar-refractivity contribution in [1.82, 2.24) is 15.6 Å². The van der Waals surface area contributed by atoms with E-state index >= 15 is 0 Å². The normalized spacial score (nSPS) is 11.6. The molecular weight excluding hydrogens is 842 g/mol. The molecule has 0 saturated heterocycles. The molecule has 2 rings (SSSR count). The third-order valence-electron chi connectivity index (χ3n) is 9.19. The van der Waals surface area contributed by atoms with Gasteiger partial charge in [0.1, 0.15) is 18.8 Å². The van der Waals surface area contributed by atoms with Gasteiger partial charge in [0.2, 0.25) is 5.91 Å². The van der Waals surface area contributed by atoms with Gasteiger partial charge in [-0.05, 0) is 63.9 Å². The molecule has 0 fully saturated rings. The Bertz CT molecular complexity index is 1720. The quantitative estimate of drug-likeness (QED) is 0.0496. The molecule has 0 aliphatic rings. The molecule has 2 amide bonds.